The molecule has 2 aromatic rings. The fourth-order valence-electron chi connectivity index (χ4n) is 1.86. The number of hydrogen-bond acceptors (Lipinski definition) is 3. The van der Waals surface area contributed by atoms with Crippen LogP contribution in [-0.4, -0.2) is 30.0 Å². The summed E-state index contributed by atoms with van der Waals surface area (Å²) in [5.41, 5.74) is 7.02. The number of fused-ring (bicyclic) bond motifs is 1. The normalized spacial score (nSPS) is 10.9. The van der Waals surface area contributed by atoms with E-state index < -0.39 is 6.43 Å². The first-order valence-corrected chi connectivity index (χ1v) is 6.08. The van der Waals surface area contributed by atoms with Crippen molar-refractivity contribution in [3.8, 4) is 0 Å². The lowest BCUT2D eigenvalue weighted by Gasteiger charge is -2.19. The summed E-state index contributed by atoms with van der Waals surface area (Å²) in [6.45, 7) is -0.387. The smallest absolute Gasteiger partial charge is 0.255 e. The molecule has 0 spiro atoms. The first kappa shape index (κ1) is 13.6. The molecule has 2 N–H and O–H groups in total. The summed E-state index contributed by atoms with van der Waals surface area (Å²) in [5, 5.41) is 0.823. The molecule has 1 aromatic carbocycles. The molecule has 0 amide bonds. The number of anilines is 1. The van der Waals surface area contributed by atoms with Crippen LogP contribution >= 0.6 is 12.2 Å². The molecule has 0 bridgehead atoms. The van der Waals surface area contributed by atoms with Crippen molar-refractivity contribution < 1.29 is 8.78 Å². The number of benzene rings is 1. The zero-order valence-corrected chi connectivity index (χ0v) is 11.1. The van der Waals surface area contributed by atoms with E-state index in [9.17, 15) is 8.78 Å². The number of hydrogen-bond donors (Lipinski definition) is 1. The maximum atomic E-state index is 12.4. The van der Waals surface area contributed by atoms with E-state index in [1.165, 1.54) is 4.90 Å². The third kappa shape index (κ3) is 2.96. The predicted octanol–water partition coefficient (Wildman–Crippen LogP) is 2.57. The topological polar surface area (TPSA) is 42.1 Å². The van der Waals surface area contributed by atoms with Gasteiger partial charge in [-0.15, -0.1) is 0 Å². The summed E-state index contributed by atoms with van der Waals surface area (Å²) < 4.78 is 24.8. The van der Waals surface area contributed by atoms with Crippen LogP contribution in [0.1, 0.15) is 5.56 Å². The highest BCUT2D eigenvalue weighted by molar-refractivity contribution is 7.80. The van der Waals surface area contributed by atoms with E-state index in [1.807, 2.05) is 18.2 Å². The summed E-state index contributed by atoms with van der Waals surface area (Å²) >= 11 is 5.01. The molecule has 0 aliphatic carbocycles. The lowest BCUT2D eigenvalue weighted by molar-refractivity contribution is 0.156. The average Bonchev–Trinajstić information content (AvgIpc) is 2.36. The molecule has 100 valence electrons. The van der Waals surface area contributed by atoms with Gasteiger partial charge in [-0.1, -0.05) is 30.4 Å². The highest BCUT2D eigenvalue weighted by Crippen LogP contribution is 2.22. The molecule has 1 aromatic heterocycles. The summed E-state index contributed by atoms with van der Waals surface area (Å²) in [6, 6.07) is 8.99. The Morgan fingerprint density at radius 3 is 2.74 bits per heavy atom. The van der Waals surface area contributed by atoms with Crippen LogP contribution in [0.25, 0.3) is 10.9 Å². The van der Waals surface area contributed by atoms with Crippen LogP contribution in [0.4, 0.5) is 14.6 Å². The van der Waals surface area contributed by atoms with Gasteiger partial charge in [-0.25, -0.2) is 13.8 Å². The number of pyridine rings is 1. The van der Waals surface area contributed by atoms with Crippen molar-refractivity contribution in [3.63, 3.8) is 0 Å². The Hall–Kier alpha value is -1.82. The first-order chi connectivity index (χ1) is 8.99. The molecule has 2 rings (SSSR count). The van der Waals surface area contributed by atoms with Gasteiger partial charge in [0.05, 0.1) is 12.1 Å². The number of alkyl halides is 2. The Morgan fingerprint density at radius 1 is 1.42 bits per heavy atom. The largest absolute Gasteiger partial charge is 0.389 e. The highest BCUT2D eigenvalue weighted by atomic mass is 32.1. The van der Waals surface area contributed by atoms with Crippen molar-refractivity contribution >= 4 is 33.9 Å². The van der Waals surface area contributed by atoms with Crippen LogP contribution in [-0.2, 0) is 0 Å². The average molecular weight is 281 g/mol. The summed E-state index contributed by atoms with van der Waals surface area (Å²) in [5.74, 6) is 0.432. The molecule has 0 fully saturated rings. The van der Waals surface area contributed by atoms with Crippen molar-refractivity contribution in [2.75, 3.05) is 18.5 Å². The van der Waals surface area contributed by atoms with E-state index in [0.717, 1.165) is 5.39 Å². The van der Waals surface area contributed by atoms with Gasteiger partial charge >= 0.3 is 0 Å². The molecular formula is C13H13F2N3S. The molecule has 0 unspecified atom stereocenters. The van der Waals surface area contributed by atoms with Crippen LogP contribution in [0.15, 0.2) is 30.3 Å². The van der Waals surface area contributed by atoms with Crippen LogP contribution in [0.3, 0.4) is 0 Å². The van der Waals surface area contributed by atoms with Crippen molar-refractivity contribution in [2.24, 2.45) is 5.73 Å². The second-order valence-electron chi connectivity index (χ2n) is 4.18. The van der Waals surface area contributed by atoms with Crippen molar-refractivity contribution in [2.45, 2.75) is 6.43 Å². The van der Waals surface area contributed by atoms with Gasteiger partial charge in [-0.05, 0) is 12.1 Å². The van der Waals surface area contributed by atoms with E-state index in [4.69, 9.17) is 18.0 Å². The van der Waals surface area contributed by atoms with Crippen molar-refractivity contribution in [1.82, 2.24) is 4.98 Å². The second kappa shape index (κ2) is 5.44. The third-order valence-corrected chi connectivity index (χ3v) is 2.99. The summed E-state index contributed by atoms with van der Waals surface area (Å²) in [4.78, 5) is 5.96. The van der Waals surface area contributed by atoms with E-state index in [1.54, 1.807) is 19.2 Å². The molecule has 19 heavy (non-hydrogen) atoms. The number of nitrogens with zero attached hydrogens (tertiary/aromatic N) is 2. The fraction of sp³-hybridized carbons (Fsp3) is 0.231. The maximum Gasteiger partial charge on any atom is 0.255 e. The second-order valence-corrected chi connectivity index (χ2v) is 4.62. The quantitative estimate of drug-likeness (QED) is 0.875. The van der Waals surface area contributed by atoms with Crippen LogP contribution in [0, 0.1) is 0 Å². The standard InChI is InChI=1S/C13H13F2N3S/c1-18(7-11(14)15)12-6-9(13(16)19)8-4-2-3-5-10(8)17-12/h2-6,11H,7H2,1H3,(H2,16,19). The zero-order chi connectivity index (χ0) is 14.0. The SMILES string of the molecule is CN(CC(F)F)c1cc(C(N)=S)c2ccccc2n1. The zero-order valence-electron chi connectivity index (χ0n) is 10.3. The Balaban J connectivity index is 2.55. The monoisotopic (exact) mass is 281 g/mol. The van der Waals surface area contributed by atoms with E-state index >= 15 is 0 Å². The fourth-order valence-corrected chi connectivity index (χ4v) is 2.03. The van der Waals surface area contributed by atoms with Gasteiger partial charge in [0.25, 0.3) is 6.43 Å². The van der Waals surface area contributed by atoms with Crippen molar-refractivity contribution in [1.29, 1.82) is 0 Å². The molecule has 6 heteroatoms. The van der Waals surface area contributed by atoms with Gasteiger partial charge in [0.15, 0.2) is 0 Å². The van der Waals surface area contributed by atoms with Gasteiger partial charge in [0, 0.05) is 18.0 Å². The molecule has 0 aliphatic heterocycles. The Morgan fingerprint density at radius 2 is 2.11 bits per heavy atom. The minimum absolute atomic E-state index is 0.227. The molecule has 0 atom stereocenters. The minimum Gasteiger partial charge on any atom is -0.389 e. The van der Waals surface area contributed by atoms with E-state index in [2.05, 4.69) is 4.98 Å². The predicted molar refractivity (Wildman–Crippen MR) is 76.9 cm³/mol. The summed E-state index contributed by atoms with van der Waals surface area (Å²) in [6.07, 6.45) is -2.42. The third-order valence-electron chi connectivity index (χ3n) is 2.77. The van der Waals surface area contributed by atoms with Gasteiger partial charge in [-0.2, -0.15) is 0 Å². The van der Waals surface area contributed by atoms with E-state index in [-0.39, 0.29) is 11.5 Å². The highest BCUT2D eigenvalue weighted by Gasteiger charge is 2.13. The molecule has 0 radical (unpaired) electrons. The van der Waals surface area contributed by atoms with Gasteiger partial charge < -0.3 is 10.6 Å². The number of aromatic nitrogens is 1. The minimum atomic E-state index is -2.42. The number of thiocarbonyl (C=S) groups is 1. The van der Waals surface area contributed by atoms with E-state index in [0.29, 0.717) is 16.9 Å². The number of para-hydroxylation sites is 1. The van der Waals surface area contributed by atoms with Crippen LogP contribution in [0.2, 0.25) is 0 Å². The lowest BCUT2D eigenvalue weighted by Crippen LogP contribution is -2.25. The Kier molecular flexibility index (Phi) is 3.90. The van der Waals surface area contributed by atoms with Gasteiger partial charge in [0.1, 0.15) is 10.8 Å². The Bertz CT molecular complexity index is 616. The molecule has 0 saturated heterocycles. The maximum absolute atomic E-state index is 12.4. The number of halogens is 2. The van der Waals surface area contributed by atoms with Gasteiger partial charge in [0.2, 0.25) is 0 Å². The Labute approximate surface area is 115 Å². The first-order valence-electron chi connectivity index (χ1n) is 5.68. The molecule has 3 nitrogen and oxygen atoms in total. The number of rotatable bonds is 4. The van der Waals surface area contributed by atoms with Gasteiger partial charge in [-0.3, -0.25) is 0 Å². The van der Waals surface area contributed by atoms with Crippen LogP contribution in [0.5, 0.6) is 0 Å². The molecule has 0 aliphatic rings. The van der Waals surface area contributed by atoms with Crippen molar-refractivity contribution in [3.05, 3.63) is 35.9 Å². The van der Waals surface area contributed by atoms with Crippen LogP contribution < -0.4 is 10.6 Å². The lowest BCUT2D eigenvalue weighted by atomic mass is 10.1. The molecular weight excluding hydrogens is 268 g/mol. The molecule has 0 saturated carbocycles. The number of nitrogens with two attached hydrogens (primary N) is 1. The molecule has 1 heterocycles. The summed E-state index contributed by atoms with van der Waals surface area (Å²) in [7, 11) is 1.56.